The van der Waals surface area contributed by atoms with Gasteiger partial charge < -0.3 is 19.5 Å². The number of imidazole rings is 1. The second-order valence-corrected chi connectivity index (χ2v) is 6.25. The molecule has 2 heterocycles. The summed E-state index contributed by atoms with van der Waals surface area (Å²) in [6, 6.07) is 13.0. The minimum atomic E-state index is -0.281. The van der Waals surface area contributed by atoms with Crippen LogP contribution in [0.3, 0.4) is 0 Å². The number of rotatable bonds is 4. The van der Waals surface area contributed by atoms with Crippen LogP contribution in [0.5, 0.6) is 5.75 Å². The molecular formula is C20H19N3O3. The van der Waals surface area contributed by atoms with Crippen molar-refractivity contribution in [1.29, 1.82) is 0 Å². The third kappa shape index (κ3) is 2.69. The number of carbonyl (C=O) groups is 1. The number of hydrogen-bond donors (Lipinski definition) is 2. The number of methoxy groups -OCH3 is 1. The van der Waals surface area contributed by atoms with Gasteiger partial charge in [-0.15, -0.1) is 0 Å². The van der Waals surface area contributed by atoms with Crippen molar-refractivity contribution in [2.24, 2.45) is 0 Å². The van der Waals surface area contributed by atoms with Crippen LogP contribution in [0.25, 0.3) is 22.0 Å². The largest absolute Gasteiger partial charge is 0.497 e. The van der Waals surface area contributed by atoms with Gasteiger partial charge in [0.2, 0.25) is 0 Å². The van der Waals surface area contributed by atoms with Crippen LogP contribution in [0.2, 0.25) is 0 Å². The van der Waals surface area contributed by atoms with Crippen LogP contribution >= 0.6 is 0 Å². The first kappa shape index (κ1) is 16.2. The van der Waals surface area contributed by atoms with Crippen LogP contribution in [-0.2, 0) is 0 Å². The number of furan rings is 1. The molecule has 0 aliphatic rings. The fourth-order valence-electron chi connectivity index (χ4n) is 3.05. The van der Waals surface area contributed by atoms with E-state index in [4.69, 9.17) is 9.15 Å². The Hall–Kier alpha value is -3.28. The number of carbonyl (C=O) groups excluding carboxylic acids is 1. The van der Waals surface area contributed by atoms with Crippen molar-refractivity contribution in [2.45, 2.75) is 19.9 Å². The van der Waals surface area contributed by atoms with Gasteiger partial charge in [-0.2, -0.15) is 0 Å². The molecule has 0 fully saturated rings. The highest BCUT2D eigenvalue weighted by Crippen LogP contribution is 2.29. The summed E-state index contributed by atoms with van der Waals surface area (Å²) < 4.78 is 11.0. The lowest BCUT2D eigenvalue weighted by Gasteiger charge is -2.10. The van der Waals surface area contributed by atoms with E-state index in [0.717, 1.165) is 27.7 Å². The zero-order chi connectivity index (χ0) is 18.3. The van der Waals surface area contributed by atoms with Gasteiger partial charge in [-0.1, -0.05) is 12.1 Å². The molecule has 0 saturated heterocycles. The molecule has 4 rings (SSSR count). The summed E-state index contributed by atoms with van der Waals surface area (Å²) in [6.07, 6.45) is 0. The molecular weight excluding hydrogens is 330 g/mol. The Labute approximate surface area is 150 Å². The Balaban J connectivity index is 1.61. The Morgan fingerprint density at radius 2 is 2.08 bits per heavy atom. The maximum Gasteiger partial charge on any atom is 0.287 e. The SMILES string of the molecule is COc1ccc2oc(C(=O)NC(C)c3nc4ccccc4[nH]3)c(C)c2c1. The van der Waals surface area contributed by atoms with Gasteiger partial charge in [0.05, 0.1) is 24.2 Å². The van der Waals surface area contributed by atoms with Gasteiger partial charge in [0.25, 0.3) is 5.91 Å². The average molecular weight is 349 g/mol. The molecule has 0 saturated carbocycles. The van der Waals surface area contributed by atoms with Crippen LogP contribution in [0.4, 0.5) is 0 Å². The van der Waals surface area contributed by atoms with Crippen LogP contribution in [0.1, 0.15) is 34.9 Å². The molecule has 0 bridgehead atoms. The smallest absolute Gasteiger partial charge is 0.287 e. The molecule has 2 N–H and O–H groups in total. The molecule has 0 aliphatic carbocycles. The molecule has 6 heteroatoms. The molecule has 1 atom stereocenters. The first-order chi connectivity index (χ1) is 12.6. The number of hydrogen-bond acceptors (Lipinski definition) is 4. The maximum atomic E-state index is 12.7. The van der Waals surface area contributed by atoms with E-state index < -0.39 is 0 Å². The van der Waals surface area contributed by atoms with E-state index in [1.54, 1.807) is 13.2 Å². The minimum absolute atomic E-state index is 0.273. The van der Waals surface area contributed by atoms with Gasteiger partial charge in [-0.05, 0) is 44.2 Å². The average Bonchev–Trinajstić information content (AvgIpc) is 3.23. The normalized spacial score (nSPS) is 12.4. The molecule has 2 aromatic heterocycles. The fourth-order valence-corrected chi connectivity index (χ4v) is 3.05. The zero-order valence-electron chi connectivity index (χ0n) is 14.8. The van der Waals surface area contributed by atoms with E-state index >= 15 is 0 Å². The lowest BCUT2D eigenvalue weighted by atomic mass is 10.1. The van der Waals surface area contributed by atoms with Crippen molar-refractivity contribution in [3.05, 3.63) is 59.6 Å². The predicted octanol–water partition coefficient (Wildman–Crippen LogP) is 4.12. The molecule has 4 aromatic rings. The summed E-state index contributed by atoms with van der Waals surface area (Å²) in [5, 5.41) is 3.81. The van der Waals surface area contributed by atoms with Gasteiger partial charge >= 0.3 is 0 Å². The second-order valence-electron chi connectivity index (χ2n) is 6.25. The van der Waals surface area contributed by atoms with Crippen molar-refractivity contribution in [1.82, 2.24) is 15.3 Å². The number of H-pyrrole nitrogens is 1. The van der Waals surface area contributed by atoms with Crippen LogP contribution < -0.4 is 10.1 Å². The van der Waals surface area contributed by atoms with Crippen LogP contribution in [0.15, 0.2) is 46.9 Å². The Morgan fingerprint density at radius 3 is 2.85 bits per heavy atom. The van der Waals surface area contributed by atoms with Gasteiger partial charge in [0.15, 0.2) is 5.76 Å². The number of fused-ring (bicyclic) bond motifs is 2. The minimum Gasteiger partial charge on any atom is -0.497 e. The highest BCUT2D eigenvalue weighted by atomic mass is 16.5. The van der Waals surface area contributed by atoms with Crippen LogP contribution in [0, 0.1) is 6.92 Å². The Kier molecular flexibility index (Phi) is 3.88. The van der Waals surface area contributed by atoms with Crippen LogP contribution in [-0.4, -0.2) is 23.0 Å². The summed E-state index contributed by atoms with van der Waals surface area (Å²) in [5.41, 5.74) is 3.25. The number of amides is 1. The molecule has 0 spiro atoms. The summed E-state index contributed by atoms with van der Waals surface area (Å²) in [5.74, 6) is 1.46. The number of benzene rings is 2. The summed E-state index contributed by atoms with van der Waals surface area (Å²) in [6.45, 7) is 3.75. The first-order valence-electron chi connectivity index (χ1n) is 8.39. The highest BCUT2D eigenvalue weighted by Gasteiger charge is 2.21. The lowest BCUT2D eigenvalue weighted by molar-refractivity contribution is 0.0911. The molecule has 132 valence electrons. The van der Waals surface area contributed by atoms with E-state index in [9.17, 15) is 4.79 Å². The highest BCUT2D eigenvalue weighted by molar-refractivity contribution is 5.99. The molecule has 6 nitrogen and oxygen atoms in total. The first-order valence-corrected chi connectivity index (χ1v) is 8.39. The Bertz CT molecular complexity index is 1080. The molecule has 1 amide bonds. The number of nitrogens with zero attached hydrogens (tertiary/aromatic N) is 1. The van der Waals surface area contributed by atoms with E-state index in [2.05, 4.69) is 15.3 Å². The summed E-state index contributed by atoms with van der Waals surface area (Å²) in [7, 11) is 1.61. The lowest BCUT2D eigenvalue weighted by Crippen LogP contribution is -2.27. The van der Waals surface area contributed by atoms with Crippen molar-refractivity contribution >= 4 is 27.9 Å². The van der Waals surface area contributed by atoms with Crippen molar-refractivity contribution in [3.63, 3.8) is 0 Å². The third-order valence-corrected chi connectivity index (χ3v) is 4.52. The van der Waals surface area contributed by atoms with E-state index in [-0.39, 0.29) is 11.9 Å². The Morgan fingerprint density at radius 1 is 1.27 bits per heavy atom. The van der Waals surface area contributed by atoms with Gasteiger partial charge in [-0.25, -0.2) is 4.98 Å². The molecule has 26 heavy (non-hydrogen) atoms. The van der Waals surface area contributed by atoms with E-state index in [1.807, 2.05) is 50.2 Å². The van der Waals surface area contributed by atoms with Crippen molar-refractivity contribution in [3.8, 4) is 5.75 Å². The number of aryl methyl sites for hydroxylation is 1. The number of aromatic amines is 1. The number of ether oxygens (including phenoxy) is 1. The van der Waals surface area contributed by atoms with E-state index in [1.165, 1.54) is 0 Å². The number of aromatic nitrogens is 2. The van der Waals surface area contributed by atoms with Gasteiger partial charge in [0.1, 0.15) is 17.2 Å². The summed E-state index contributed by atoms with van der Waals surface area (Å²) in [4.78, 5) is 20.5. The van der Waals surface area contributed by atoms with E-state index in [0.29, 0.717) is 17.2 Å². The number of para-hydroxylation sites is 2. The monoisotopic (exact) mass is 349 g/mol. The molecule has 0 aliphatic heterocycles. The van der Waals surface area contributed by atoms with Crippen molar-refractivity contribution in [2.75, 3.05) is 7.11 Å². The zero-order valence-corrected chi connectivity index (χ0v) is 14.8. The molecule has 0 radical (unpaired) electrons. The van der Waals surface area contributed by atoms with Gasteiger partial charge in [-0.3, -0.25) is 4.79 Å². The fraction of sp³-hybridized carbons (Fsp3) is 0.200. The van der Waals surface area contributed by atoms with Crippen molar-refractivity contribution < 1.29 is 13.9 Å². The third-order valence-electron chi connectivity index (χ3n) is 4.52. The summed E-state index contributed by atoms with van der Waals surface area (Å²) >= 11 is 0. The predicted molar refractivity (Wildman–Crippen MR) is 99.5 cm³/mol. The topological polar surface area (TPSA) is 80.2 Å². The second kappa shape index (κ2) is 6.22. The molecule has 2 aromatic carbocycles. The number of nitrogens with one attached hydrogen (secondary N) is 2. The maximum absolute atomic E-state index is 12.7. The quantitative estimate of drug-likeness (QED) is 0.581. The molecule has 1 unspecified atom stereocenters. The standard InChI is InChI=1S/C20H19N3O3/c1-11-14-10-13(25-3)8-9-17(14)26-18(11)20(24)21-12(2)19-22-15-6-4-5-7-16(15)23-19/h4-10,12H,1-3H3,(H,21,24)(H,22,23). The van der Waals surface area contributed by atoms with Gasteiger partial charge in [0, 0.05) is 10.9 Å².